The molecule has 3 aromatic rings. The molecule has 2 fully saturated rings. The van der Waals surface area contributed by atoms with E-state index < -0.39 is 0 Å². The number of nitrogens with one attached hydrogen (secondary N) is 1. The second kappa shape index (κ2) is 7.97. The molecule has 2 aliphatic rings. The summed E-state index contributed by atoms with van der Waals surface area (Å²) in [5.74, 6) is 1.25. The summed E-state index contributed by atoms with van der Waals surface area (Å²) >= 11 is 0. The minimum atomic E-state index is -0.307. The fourth-order valence-corrected chi connectivity index (χ4v) is 5.09. The number of halogens is 1. The molecule has 7 heteroatoms. The van der Waals surface area contributed by atoms with Crippen molar-refractivity contribution in [3.05, 3.63) is 66.1 Å². The first-order chi connectivity index (χ1) is 14.7. The highest BCUT2D eigenvalue weighted by Gasteiger charge is 2.53. The third-order valence-electron chi connectivity index (χ3n) is 6.45. The minimum absolute atomic E-state index is 0.0553. The standard InChI is InChI=1S/C23H23FN4O2/c24-17-8-6-14(7-9-17)21-27-23(30-28-21)20-16-5-4-15(13-16)19(20)22(29)26-12-10-18-3-1-2-11-25-18/h1-3,6-9,11,15-16,19-20H,4-5,10,12-13H2,(H,26,29)/t15-,16+,19-,20-/m0/s1. The molecular weight excluding hydrogens is 383 g/mol. The third-order valence-corrected chi connectivity index (χ3v) is 6.45. The first-order valence-electron chi connectivity index (χ1n) is 10.5. The smallest absolute Gasteiger partial charge is 0.231 e. The van der Waals surface area contributed by atoms with Crippen LogP contribution in [0.15, 0.2) is 53.2 Å². The maximum atomic E-state index is 13.2. The summed E-state index contributed by atoms with van der Waals surface area (Å²) in [7, 11) is 0. The van der Waals surface area contributed by atoms with Crippen LogP contribution >= 0.6 is 0 Å². The number of fused-ring (bicyclic) bond motifs is 2. The lowest BCUT2D eigenvalue weighted by Gasteiger charge is -2.27. The minimum Gasteiger partial charge on any atom is -0.355 e. The summed E-state index contributed by atoms with van der Waals surface area (Å²) < 4.78 is 18.8. The van der Waals surface area contributed by atoms with Gasteiger partial charge in [-0.1, -0.05) is 11.2 Å². The van der Waals surface area contributed by atoms with Gasteiger partial charge in [0.2, 0.25) is 17.6 Å². The molecule has 4 atom stereocenters. The van der Waals surface area contributed by atoms with Gasteiger partial charge in [0, 0.05) is 30.4 Å². The molecule has 1 N–H and O–H groups in total. The predicted octanol–water partition coefficient (Wildman–Crippen LogP) is 3.76. The molecule has 0 radical (unpaired) electrons. The summed E-state index contributed by atoms with van der Waals surface area (Å²) in [4.78, 5) is 21.9. The van der Waals surface area contributed by atoms with Crippen LogP contribution in [0.4, 0.5) is 4.39 Å². The van der Waals surface area contributed by atoms with E-state index in [-0.39, 0.29) is 23.6 Å². The van der Waals surface area contributed by atoms with Crippen molar-refractivity contribution in [2.24, 2.45) is 17.8 Å². The highest BCUT2D eigenvalue weighted by molar-refractivity contribution is 5.80. The van der Waals surface area contributed by atoms with E-state index in [0.717, 1.165) is 25.0 Å². The number of amides is 1. The monoisotopic (exact) mass is 406 g/mol. The van der Waals surface area contributed by atoms with Gasteiger partial charge in [-0.25, -0.2) is 4.39 Å². The molecule has 2 aromatic heterocycles. The van der Waals surface area contributed by atoms with Gasteiger partial charge in [-0.15, -0.1) is 0 Å². The number of aromatic nitrogens is 3. The Morgan fingerprint density at radius 3 is 2.77 bits per heavy atom. The molecular formula is C23H23FN4O2. The van der Waals surface area contributed by atoms with Crippen LogP contribution in [-0.4, -0.2) is 27.6 Å². The largest absolute Gasteiger partial charge is 0.355 e. The fraction of sp³-hybridized carbons (Fsp3) is 0.391. The molecule has 2 aliphatic carbocycles. The van der Waals surface area contributed by atoms with Crippen molar-refractivity contribution in [2.45, 2.75) is 31.6 Å². The number of benzene rings is 1. The molecule has 0 spiro atoms. The molecule has 154 valence electrons. The molecule has 5 rings (SSSR count). The van der Waals surface area contributed by atoms with Gasteiger partial charge in [0.05, 0.1) is 11.8 Å². The Morgan fingerprint density at radius 2 is 1.97 bits per heavy atom. The lowest BCUT2D eigenvalue weighted by Crippen LogP contribution is -2.38. The number of nitrogens with zero attached hydrogens (tertiary/aromatic N) is 3. The van der Waals surface area contributed by atoms with Gasteiger partial charge in [-0.2, -0.15) is 4.98 Å². The molecule has 0 unspecified atom stereocenters. The van der Waals surface area contributed by atoms with Crippen molar-refractivity contribution in [3.8, 4) is 11.4 Å². The van der Waals surface area contributed by atoms with Crippen molar-refractivity contribution in [1.29, 1.82) is 0 Å². The van der Waals surface area contributed by atoms with E-state index >= 15 is 0 Å². The Hall–Kier alpha value is -3.09. The van der Waals surface area contributed by atoms with Gasteiger partial charge in [-0.05, 0) is 67.5 Å². The second-order valence-electron chi connectivity index (χ2n) is 8.21. The fourth-order valence-electron chi connectivity index (χ4n) is 5.09. The van der Waals surface area contributed by atoms with Gasteiger partial charge >= 0.3 is 0 Å². The van der Waals surface area contributed by atoms with Crippen LogP contribution in [0.3, 0.4) is 0 Å². The van der Waals surface area contributed by atoms with Crippen LogP contribution in [0.1, 0.15) is 36.8 Å². The molecule has 2 heterocycles. The Kier molecular flexibility index (Phi) is 5.02. The van der Waals surface area contributed by atoms with E-state index in [0.29, 0.717) is 42.1 Å². The quantitative estimate of drug-likeness (QED) is 0.674. The SMILES string of the molecule is O=C(NCCc1ccccn1)[C@H]1[C@H]2CC[C@H](C2)[C@@H]1c1nc(-c2ccc(F)cc2)no1. The summed E-state index contributed by atoms with van der Waals surface area (Å²) in [6.07, 6.45) is 5.64. The van der Waals surface area contributed by atoms with Gasteiger partial charge in [0.15, 0.2) is 0 Å². The van der Waals surface area contributed by atoms with E-state index in [1.54, 1.807) is 18.3 Å². The normalized spacial score (nSPS) is 24.8. The highest BCUT2D eigenvalue weighted by atomic mass is 19.1. The van der Waals surface area contributed by atoms with Crippen molar-refractivity contribution in [3.63, 3.8) is 0 Å². The number of hydrogen-bond donors (Lipinski definition) is 1. The van der Waals surface area contributed by atoms with Gasteiger partial charge < -0.3 is 9.84 Å². The summed E-state index contributed by atoms with van der Waals surface area (Å²) in [6.45, 7) is 0.557. The van der Waals surface area contributed by atoms with E-state index in [1.165, 1.54) is 12.1 Å². The molecule has 0 aliphatic heterocycles. The summed E-state index contributed by atoms with van der Waals surface area (Å²) in [5.41, 5.74) is 1.66. The zero-order valence-electron chi connectivity index (χ0n) is 16.5. The predicted molar refractivity (Wildman–Crippen MR) is 108 cm³/mol. The third kappa shape index (κ3) is 3.60. The first-order valence-corrected chi connectivity index (χ1v) is 10.5. The lowest BCUT2D eigenvalue weighted by molar-refractivity contribution is -0.127. The summed E-state index contributed by atoms with van der Waals surface area (Å²) in [5, 5.41) is 7.18. The maximum Gasteiger partial charge on any atom is 0.231 e. The zero-order valence-corrected chi connectivity index (χ0v) is 16.5. The Bertz CT molecular complexity index is 1020. The summed E-state index contributed by atoms with van der Waals surface area (Å²) in [6, 6.07) is 11.8. The van der Waals surface area contributed by atoms with Crippen molar-refractivity contribution in [1.82, 2.24) is 20.4 Å². The van der Waals surface area contributed by atoms with Crippen LogP contribution in [0, 0.1) is 23.6 Å². The van der Waals surface area contributed by atoms with Crippen LogP contribution in [0.5, 0.6) is 0 Å². The Morgan fingerprint density at radius 1 is 1.13 bits per heavy atom. The van der Waals surface area contributed by atoms with E-state index in [2.05, 4.69) is 20.4 Å². The molecule has 2 bridgehead atoms. The average molecular weight is 406 g/mol. The first kappa shape index (κ1) is 18.9. The van der Waals surface area contributed by atoms with Gasteiger partial charge in [0.25, 0.3) is 0 Å². The molecule has 0 saturated heterocycles. The van der Waals surface area contributed by atoms with Crippen molar-refractivity contribution in [2.75, 3.05) is 6.54 Å². The number of rotatable bonds is 6. The zero-order chi connectivity index (χ0) is 20.5. The molecule has 6 nitrogen and oxygen atoms in total. The molecule has 2 saturated carbocycles. The topological polar surface area (TPSA) is 80.9 Å². The van der Waals surface area contributed by atoms with Crippen LogP contribution < -0.4 is 5.32 Å². The van der Waals surface area contributed by atoms with Crippen LogP contribution in [-0.2, 0) is 11.2 Å². The second-order valence-corrected chi connectivity index (χ2v) is 8.21. The molecule has 1 aromatic carbocycles. The van der Waals surface area contributed by atoms with Crippen LogP contribution in [0.25, 0.3) is 11.4 Å². The van der Waals surface area contributed by atoms with E-state index in [4.69, 9.17) is 4.52 Å². The number of carbonyl (C=O) groups is 1. The number of carbonyl (C=O) groups excluding carboxylic acids is 1. The van der Waals surface area contributed by atoms with E-state index in [9.17, 15) is 9.18 Å². The molecule has 1 amide bonds. The maximum absolute atomic E-state index is 13.2. The number of pyridine rings is 1. The highest BCUT2D eigenvalue weighted by Crippen LogP contribution is 2.56. The molecule has 30 heavy (non-hydrogen) atoms. The Balaban J connectivity index is 1.30. The van der Waals surface area contributed by atoms with Crippen molar-refractivity contribution < 1.29 is 13.7 Å². The Labute approximate surface area is 173 Å². The van der Waals surface area contributed by atoms with E-state index in [1.807, 2.05) is 18.2 Å². The van der Waals surface area contributed by atoms with Crippen molar-refractivity contribution >= 4 is 5.91 Å². The van der Waals surface area contributed by atoms with Gasteiger partial charge in [-0.3, -0.25) is 9.78 Å². The van der Waals surface area contributed by atoms with Gasteiger partial charge in [0.1, 0.15) is 5.82 Å². The lowest BCUT2D eigenvalue weighted by atomic mass is 9.78. The van der Waals surface area contributed by atoms with Crippen LogP contribution in [0.2, 0.25) is 0 Å². The number of hydrogen-bond acceptors (Lipinski definition) is 5. The average Bonchev–Trinajstić information content (AvgIpc) is 3.51.